The van der Waals surface area contributed by atoms with Crippen molar-refractivity contribution in [2.75, 3.05) is 0 Å². The molecule has 2 heterocycles. The van der Waals surface area contributed by atoms with E-state index in [1.165, 1.54) is 48.7 Å². The van der Waals surface area contributed by atoms with Crippen LogP contribution in [0.5, 0.6) is 0 Å². The molecule has 58 heavy (non-hydrogen) atoms. The van der Waals surface area contributed by atoms with Crippen molar-refractivity contribution in [3.63, 3.8) is 0 Å². The summed E-state index contributed by atoms with van der Waals surface area (Å²) in [6, 6.07) is 70.5. The lowest BCUT2D eigenvalue weighted by Gasteiger charge is -2.40. The van der Waals surface area contributed by atoms with Crippen molar-refractivity contribution in [1.82, 2.24) is 15.0 Å². The van der Waals surface area contributed by atoms with Gasteiger partial charge in [0.05, 0.1) is 17.0 Å². The molecular formula is C53H32N4S. The summed E-state index contributed by atoms with van der Waals surface area (Å²) in [6.45, 7) is 0. The van der Waals surface area contributed by atoms with Crippen LogP contribution in [0.25, 0.3) is 67.5 Å². The molecule has 8 aromatic carbocycles. The molecule has 0 radical (unpaired) electrons. The number of fused-ring (bicyclic) bond motifs is 9. The van der Waals surface area contributed by atoms with Crippen LogP contribution in [0.2, 0.25) is 0 Å². The summed E-state index contributed by atoms with van der Waals surface area (Å²) in [5.74, 6) is 1.92. The smallest absolute Gasteiger partial charge is 0.164 e. The SMILES string of the molecule is N#Cc1ccc(-c2ccc(-c3cccc4c3Sc3ccc(-c5nc(-c6ccccc6)nc(-c6ccccc6)n5)cc3C43c4ccccc4-c4ccccc43)cc2)cc1. The molecule has 5 heteroatoms. The second-order valence-corrected chi connectivity index (χ2v) is 15.7. The van der Waals surface area contributed by atoms with Gasteiger partial charge in [0, 0.05) is 26.5 Å². The van der Waals surface area contributed by atoms with Gasteiger partial charge in [-0.25, -0.2) is 15.0 Å². The molecule has 9 aromatic rings. The molecular weight excluding hydrogens is 725 g/mol. The highest BCUT2D eigenvalue weighted by atomic mass is 32.2. The highest BCUT2D eigenvalue weighted by Crippen LogP contribution is 2.63. The van der Waals surface area contributed by atoms with Crippen LogP contribution in [-0.2, 0) is 5.41 Å². The van der Waals surface area contributed by atoms with Crippen LogP contribution in [0.4, 0.5) is 0 Å². The van der Waals surface area contributed by atoms with E-state index in [1.807, 2.05) is 96.7 Å². The monoisotopic (exact) mass is 756 g/mol. The van der Waals surface area contributed by atoms with Gasteiger partial charge in [0.15, 0.2) is 17.5 Å². The molecule has 0 saturated carbocycles. The Labute approximate surface area is 341 Å². The van der Waals surface area contributed by atoms with Gasteiger partial charge in [-0.2, -0.15) is 5.26 Å². The molecule has 1 aromatic heterocycles. The van der Waals surface area contributed by atoms with E-state index in [1.54, 1.807) is 0 Å². The summed E-state index contributed by atoms with van der Waals surface area (Å²) in [7, 11) is 0. The van der Waals surface area contributed by atoms with Crippen molar-refractivity contribution in [3.8, 4) is 73.6 Å². The van der Waals surface area contributed by atoms with Gasteiger partial charge < -0.3 is 0 Å². The molecule has 1 aliphatic carbocycles. The summed E-state index contributed by atoms with van der Waals surface area (Å²) >= 11 is 1.84. The zero-order valence-electron chi connectivity index (χ0n) is 31.2. The summed E-state index contributed by atoms with van der Waals surface area (Å²) in [5, 5.41) is 9.31. The molecule has 1 spiro atoms. The zero-order chi connectivity index (χ0) is 38.6. The van der Waals surface area contributed by atoms with E-state index in [2.05, 4.69) is 115 Å². The molecule has 0 bridgehead atoms. The van der Waals surface area contributed by atoms with Crippen molar-refractivity contribution in [1.29, 1.82) is 5.26 Å². The van der Waals surface area contributed by atoms with Crippen LogP contribution in [0.15, 0.2) is 204 Å². The topological polar surface area (TPSA) is 62.5 Å². The number of nitriles is 1. The van der Waals surface area contributed by atoms with Crippen LogP contribution in [-0.4, -0.2) is 15.0 Å². The quantitative estimate of drug-likeness (QED) is 0.175. The highest BCUT2D eigenvalue weighted by molar-refractivity contribution is 7.99. The molecule has 0 saturated heterocycles. The third-order valence-corrected chi connectivity index (χ3v) is 12.7. The molecule has 0 atom stereocenters. The van der Waals surface area contributed by atoms with Gasteiger partial charge in [0.1, 0.15) is 0 Å². The minimum Gasteiger partial charge on any atom is -0.208 e. The van der Waals surface area contributed by atoms with Gasteiger partial charge in [-0.3, -0.25) is 0 Å². The predicted octanol–water partition coefficient (Wildman–Crippen LogP) is 12.9. The molecule has 1 aliphatic heterocycles. The first kappa shape index (κ1) is 33.9. The Morgan fingerprint density at radius 3 is 1.43 bits per heavy atom. The summed E-state index contributed by atoms with van der Waals surface area (Å²) in [6.07, 6.45) is 0. The van der Waals surface area contributed by atoms with Gasteiger partial charge in [-0.05, 0) is 79.9 Å². The lowest BCUT2D eigenvalue weighted by Crippen LogP contribution is -2.32. The minimum atomic E-state index is -0.588. The number of aromatic nitrogens is 3. The Hall–Kier alpha value is -7.39. The fourth-order valence-electron chi connectivity index (χ4n) is 8.81. The van der Waals surface area contributed by atoms with Crippen LogP contribution >= 0.6 is 11.8 Å². The predicted molar refractivity (Wildman–Crippen MR) is 233 cm³/mol. The van der Waals surface area contributed by atoms with Crippen molar-refractivity contribution >= 4 is 11.8 Å². The standard InChI is InChI=1S/C53H32N4S/c54-33-34-22-24-35(25-23-34)36-26-28-37(29-27-36)41-18-11-21-46-49(41)58-48-31-30-40(32-47(48)53(46)44-19-9-7-16-42(44)43-17-8-10-20-45(43)53)52-56-50(38-12-3-1-4-13-38)55-51(57-52)39-14-5-2-6-15-39/h1-32H. The van der Waals surface area contributed by atoms with Crippen LogP contribution in [0.3, 0.4) is 0 Å². The molecule has 0 amide bonds. The highest BCUT2D eigenvalue weighted by Gasteiger charge is 2.50. The molecule has 0 unspecified atom stereocenters. The van der Waals surface area contributed by atoms with Gasteiger partial charge in [-0.1, -0.05) is 182 Å². The Morgan fingerprint density at radius 2 is 0.845 bits per heavy atom. The number of hydrogen-bond acceptors (Lipinski definition) is 5. The van der Waals surface area contributed by atoms with E-state index in [9.17, 15) is 5.26 Å². The van der Waals surface area contributed by atoms with Crippen molar-refractivity contribution < 1.29 is 0 Å². The fraction of sp³-hybridized carbons (Fsp3) is 0.0189. The number of benzene rings is 8. The third-order valence-electron chi connectivity index (χ3n) is 11.5. The molecule has 2 aliphatic rings. The van der Waals surface area contributed by atoms with Crippen molar-refractivity contribution in [2.24, 2.45) is 0 Å². The van der Waals surface area contributed by atoms with E-state index in [-0.39, 0.29) is 0 Å². The van der Waals surface area contributed by atoms with Gasteiger partial charge in [-0.15, -0.1) is 0 Å². The van der Waals surface area contributed by atoms with Crippen LogP contribution in [0, 0.1) is 11.3 Å². The maximum atomic E-state index is 9.31. The maximum Gasteiger partial charge on any atom is 0.164 e. The number of hydrogen-bond donors (Lipinski definition) is 0. The van der Waals surface area contributed by atoms with Gasteiger partial charge >= 0.3 is 0 Å². The van der Waals surface area contributed by atoms with E-state index < -0.39 is 5.41 Å². The first-order valence-corrected chi connectivity index (χ1v) is 20.1. The molecule has 0 N–H and O–H groups in total. The molecule has 270 valence electrons. The summed E-state index contributed by atoms with van der Waals surface area (Å²) in [5.41, 5.74) is 15.0. The van der Waals surface area contributed by atoms with E-state index in [0.29, 0.717) is 23.0 Å². The van der Waals surface area contributed by atoms with E-state index >= 15 is 0 Å². The molecule has 4 nitrogen and oxygen atoms in total. The lowest BCUT2D eigenvalue weighted by atomic mass is 9.66. The van der Waals surface area contributed by atoms with Gasteiger partial charge in [0.25, 0.3) is 0 Å². The minimum absolute atomic E-state index is 0.588. The average molecular weight is 757 g/mol. The van der Waals surface area contributed by atoms with Crippen molar-refractivity contribution in [2.45, 2.75) is 15.2 Å². The first-order chi connectivity index (χ1) is 28.7. The summed E-state index contributed by atoms with van der Waals surface area (Å²) in [4.78, 5) is 17.7. The zero-order valence-corrected chi connectivity index (χ0v) is 32.0. The Balaban J connectivity index is 1.12. The summed E-state index contributed by atoms with van der Waals surface area (Å²) < 4.78 is 0. The normalized spacial score (nSPS) is 12.9. The molecule has 0 fully saturated rings. The van der Waals surface area contributed by atoms with E-state index in [0.717, 1.165) is 33.4 Å². The Kier molecular flexibility index (Phi) is 7.99. The average Bonchev–Trinajstić information content (AvgIpc) is 3.60. The Bertz CT molecular complexity index is 2980. The van der Waals surface area contributed by atoms with Crippen LogP contribution < -0.4 is 0 Å². The van der Waals surface area contributed by atoms with E-state index in [4.69, 9.17) is 15.0 Å². The first-order valence-electron chi connectivity index (χ1n) is 19.3. The third kappa shape index (κ3) is 5.34. The van der Waals surface area contributed by atoms with Gasteiger partial charge in [0.2, 0.25) is 0 Å². The maximum absolute atomic E-state index is 9.31. The van der Waals surface area contributed by atoms with Crippen LogP contribution in [0.1, 0.15) is 27.8 Å². The lowest BCUT2D eigenvalue weighted by molar-refractivity contribution is 0.723. The largest absolute Gasteiger partial charge is 0.208 e. The second kappa shape index (κ2) is 13.7. The number of rotatable bonds is 5. The second-order valence-electron chi connectivity index (χ2n) is 14.6. The number of nitrogens with zero attached hydrogens (tertiary/aromatic N) is 4. The molecule has 11 rings (SSSR count). The van der Waals surface area contributed by atoms with Crippen molar-refractivity contribution in [3.05, 3.63) is 222 Å². The Morgan fingerprint density at radius 1 is 0.379 bits per heavy atom. The fourth-order valence-corrected chi connectivity index (χ4v) is 10.1.